The summed E-state index contributed by atoms with van der Waals surface area (Å²) >= 11 is 6.04. The number of halogens is 1. The quantitative estimate of drug-likeness (QED) is 0.710. The van der Waals surface area contributed by atoms with E-state index in [9.17, 15) is 4.79 Å². The van der Waals surface area contributed by atoms with E-state index in [1.165, 1.54) is 19.3 Å². The van der Waals surface area contributed by atoms with Crippen LogP contribution in [0, 0.1) is 0 Å². The van der Waals surface area contributed by atoms with Crippen LogP contribution in [0.2, 0.25) is 5.02 Å². The van der Waals surface area contributed by atoms with Crippen LogP contribution in [0.4, 0.5) is 0 Å². The standard InChI is InChI=1S/C15H22ClNO/c1-2-3-4-7-12-17-15(18)11-10-13-8-5-6-9-14(13)16/h5-6,8-9H,2-4,7,10-12H2,1H3,(H,17,18). The lowest BCUT2D eigenvalue weighted by Crippen LogP contribution is -2.24. The Morgan fingerprint density at radius 3 is 2.72 bits per heavy atom. The third kappa shape index (κ3) is 6.06. The van der Waals surface area contributed by atoms with Gasteiger partial charge in [0.05, 0.1) is 0 Å². The third-order valence-electron chi connectivity index (χ3n) is 2.93. The fraction of sp³-hybridized carbons (Fsp3) is 0.533. The minimum atomic E-state index is 0.117. The minimum absolute atomic E-state index is 0.117. The molecule has 1 aromatic carbocycles. The molecule has 2 nitrogen and oxygen atoms in total. The molecule has 3 heteroatoms. The van der Waals surface area contributed by atoms with Gasteiger partial charge in [-0.2, -0.15) is 0 Å². The molecule has 100 valence electrons. The number of unbranched alkanes of at least 4 members (excludes halogenated alkanes) is 3. The van der Waals surface area contributed by atoms with Crippen molar-refractivity contribution in [1.29, 1.82) is 0 Å². The van der Waals surface area contributed by atoms with Gasteiger partial charge < -0.3 is 5.32 Å². The van der Waals surface area contributed by atoms with Crippen LogP contribution >= 0.6 is 11.6 Å². The number of amides is 1. The highest BCUT2D eigenvalue weighted by Gasteiger charge is 2.04. The van der Waals surface area contributed by atoms with Crippen molar-refractivity contribution >= 4 is 17.5 Å². The van der Waals surface area contributed by atoms with E-state index in [0.29, 0.717) is 12.8 Å². The minimum Gasteiger partial charge on any atom is -0.356 e. The summed E-state index contributed by atoms with van der Waals surface area (Å²) in [5.41, 5.74) is 1.04. The Morgan fingerprint density at radius 1 is 1.22 bits per heavy atom. The second-order valence-corrected chi connectivity index (χ2v) is 4.91. The van der Waals surface area contributed by atoms with Crippen molar-refractivity contribution in [1.82, 2.24) is 5.32 Å². The molecular formula is C15H22ClNO. The fourth-order valence-corrected chi connectivity index (χ4v) is 2.05. The Morgan fingerprint density at radius 2 is 2.00 bits per heavy atom. The number of carbonyl (C=O) groups is 1. The van der Waals surface area contributed by atoms with Gasteiger partial charge in [-0.3, -0.25) is 4.79 Å². The molecule has 18 heavy (non-hydrogen) atoms. The molecule has 1 N–H and O–H groups in total. The predicted octanol–water partition coefficient (Wildman–Crippen LogP) is 3.97. The summed E-state index contributed by atoms with van der Waals surface area (Å²) in [6, 6.07) is 7.68. The van der Waals surface area contributed by atoms with Crippen molar-refractivity contribution in [2.45, 2.75) is 45.4 Å². The van der Waals surface area contributed by atoms with Crippen molar-refractivity contribution in [2.24, 2.45) is 0 Å². The van der Waals surface area contributed by atoms with E-state index in [0.717, 1.165) is 23.6 Å². The molecule has 0 atom stereocenters. The Balaban J connectivity index is 2.15. The lowest BCUT2D eigenvalue weighted by Gasteiger charge is -2.06. The number of benzene rings is 1. The summed E-state index contributed by atoms with van der Waals surface area (Å²) in [6.07, 6.45) is 5.96. The number of hydrogen-bond donors (Lipinski definition) is 1. The van der Waals surface area contributed by atoms with E-state index in [1.807, 2.05) is 24.3 Å². The van der Waals surface area contributed by atoms with Crippen molar-refractivity contribution in [3.63, 3.8) is 0 Å². The van der Waals surface area contributed by atoms with Crippen LogP contribution in [-0.2, 0) is 11.2 Å². The van der Waals surface area contributed by atoms with E-state index >= 15 is 0 Å². The first kappa shape index (κ1) is 15.0. The monoisotopic (exact) mass is 267 g/mol. The maximum Gasteiger partial charge on any atom is 0.220 e. The topological polar surface area (TPSA) is 29.1 Å². The predicted molar refractivity (Wildman–Crippen MR) is 76.9 cm³/mol. The average Bonchev–Trinajstić information content (AvgIpc) is 2.37. The number of aryl methyl sites for hydroxylation is 1. The number of hydrogen-bond acceptors (Lipinski definition) is 1. The van der Waals surface area contributed by atoms with Gasteiger partial charge in [-0.05, 0) is 24.5 Å². The van der Waals surface area contributed by atoms with Crippen LogP contribution in [0.5, 0.6) is 0 Å². The van der Waals surface area contributed by atoms with Gasteiger partial charge in [-0.15, -0.1) is 0 Å². The first-order chi connectivity index (χ1) is 8.74. The van der Waals surface area contributed by atoms with Crippen LogP contribution < -0.4 is 5.32 Å². The Kier molecular flexibility index (Phi) is 7.51. The van der Waals surface area contributed by atoms with Crippen molar-refractivity contribution in [2.75, 3.05) is 6.54 Å². The second kappa shape index (κ2) is 8.98. The summed E-state index contributed by atoms with van der Waals surface area (Å²) in [7, 11) is 0. The zero-order chi connectivity index (χ0) is 13.2. The van der Waals surface area contributed by atoms with Crippen molar-refractivity contribution < 1.29 is 4.79 Å². The SMILES string of the molecule is CCCCCCNC(=O)CCc1ccccc1Cl. The fourth-order valence-electron chi connectivity index (χ4n) is 1.82. The number of rotatable bonds is 8. The van der Waals surface area contributed by atoms with Gasteiger partial charge in [0, 0.05) is 18.0 Å². The first-order valence-electron chi connectivity index (χ1n) is 6.74. The molecule has 0 aliphatic rings. The number of nitrogens with one attached hydrogen (secondary N) is 1. The lowest BCUT2D eigenvalue weighted by atomic mass is 10.1. The zero-order valence-corrected chi connectivity index (χ0v) is 11.8. The Bertz CT molecular complexity index is 365. The van der Waals surface area contributed by atoms with E-state index in [-0.39, 0.29) is 5.91 Å². The van der Waals surface area contributed by atoms with Crippen LogP contribution in [0.15, 0.2) is 24.3 Å². The maximum atomic E-state index is 11.6. The molecule has 0 saturated heterocycles. The summed E-state index contributed by atoms with van der Waals surface area (Å²) in [5.74, 6) is 0.117. The largest absolute Gasteiger partial charge is 0.356 e. The number of carbonyl (C=O) groups excluding carboxylic acids is 1. The van der Waals surface area contributed by atoms with Crippen LogP contribution in [0.25, 0.3) is 0 Å². The van der Waals surface area contributed by atoms with E-state index in [4.69, 9.17) is 11.6 Å². The Labute approximate surface area is 115 Å². The van der Waals surface area contributed by atoms with E-state index in [2.05, 4.69) is 12.2 Å². The molecular weight excluding hydrogens is 246 g/mol. The van der Waals surface area contributed by atoms with Crippen molar-refractivity contribution in [3.8, 4) is 0 Å². The average molecular weight is 268 g/mol. The summed E-state index contributed by atoms with van der Waals surface area (Å²) < 4.78 is 0. The highest BCUT2D eigenvalue weighted by atomic mass is 35.5. The molecule has 0 radical (unpaired) electrons. The van der Waals surface area contributed by atoms with Gasteiger partial charge in [0.15, 0.2) is 0 Å². The van der Waals surface area contributed by atoms with Crippen LogP contribution in [0.3, 0.4) is 0 Å². The molecule has 0 saturated carbocycles. The molecule has 0 aliphatic heterocycles. The second-order valence-electron chi connectivity index (χ2n) is 4.50. The molecule has 0 spiro atoms. The molecule has 0 aromatic heterocycles. The molecule has 0 bridgehead atoms. The molecule has 0 heterocycles. The van der Waals surface area contributed by atoms with E-state index in [1.54, 1.807) is 0 Å². The highest BCUT2D eigenvalue weighted by Crippen LogP contribution is 2.16. The summed E-state index contributed by atoms with van der Waals surface area (Å²) in [4.78, 5) is 11.6. The highest BCUT2D eigenvalue weighted by molar-refractivity contribution is 6.31. The molecule has 1 rings (SSSR count). The van der Waals surface area contributed by atoms with Gasteiger partial charge >= 0.3 is 0 Å². The normalized spacial score (nSPS) is 10.3. The van der Waals surface area contributed by atoms with E-state index < -0.39 is 0 Å². The van der Waals surface area contributed by atoms with Gasteiger partial charge in [0.25, 0.3) is 0 Å². The third-order valence-corrected chi connectivity index (χ3v) is 3.30. The summed E-state index contributed by atoms with van der Waals surface area (Å²) in [5, 5.41) is 3.69. The lowest BCUT2D eigenvalue weighted by molar-refractivity contribution is -0.121. The van der Waals surface area contributed by atoms with Gasteiger partial charge in [0.2, 0.25) is 5.91 Å². The van der Waals surface area contributed by atoms with Gasteiger partial charge in [-0.25, -0.2) is 0 Å². The molecule has 1 aromatic rings. The van der Waals surface area contributed by atoms with Crippen molar-refractivity contribution in [3.05, 3.63) is 34.9 Å². The molecule has 0 aliphatic carbocycles. The van der Waals surface area contributed by atoms with Crippen LogP contribution in [-0.4, -0.2) is 12.5 Å². The zero-order valence-electron chi connectivity index (χ0n) is 11.0. The summed E-state index contributed by atoms with van der Waals surface area (Å²) in [6.45, 7) is 2.98. The Hall–Kier alpha value is -1.02. The maximum absolute atomic E-state index is 11.6. The first-order valence-corrected chi connectivity index (χ1v) is 7.12. The smallest absolute Gasteiger partial charge is 0.220 e. The molecule has 1 amide bonds. The molecule has 0 unspecified atom stereocenters. The van der Waals surface area contributed by atoms with Gasteiger partial charge in [-0.1, -0.05) is 56.0 Å². The van der Waals surface area contributed by atoms with Crippen LogP contribution in [0.1, 0.15) is 44.6 Å². The molecule has 0 fully saturated rings. The van der Waals surface area contributed by atoms with Gasteiger partial charge in [0.1, 0.15) is 0 Å².